The quantitative estimate of drug-likeness (QED) is 0.791. The number of aromatic carboxylic acids is 1. The molecule has 0 amide bonds. The Kier molecular flexibility index (Phi) is 5.59. The van der Waals surface area contributed by atoms with Crippen LogP contribution in [-0.2, 0) is 10.0 Å². The first kappa shape index (κ1) is 17.1. The minimum atomic E-state index is -3.77. The Balaban J connectivity index is 2.33. The normalized spacial score (nSPS) is 16.9. The zero-order chi connectivity index (χ0) is 15.6. The van der Waals surface area contributed by atoms with Gasteiger partial charge in [0.1, 0.15) is 0 Å². The Morgan fingerprint density at radius 3 is 2.57 bits per heavy atom. The summed E-state index contributed by atoms with van der Waals surface area (Å²) >= 11 is 10.7. The van der Waals surface area contributed by atoms with Crippen LogP contribution in [0.1, 0.15) is 23.2 Å². The molecule has 0 radical (unpaired) electrons. The van der Waals surface area contributed by atoms with Crippen molar-refractivity contribution in [3.05, 3.63) is 27.2 Å². The molecule has 1 aromatic carbocycles. The lowest BCUT2D eigenvalue weighted by atomic mass is 10.2. The number of benzene rings is 1. The second-order valence-corrected chi connectivity index (χ2v) is 8.75. The molecule has 116 valence electrons. The van der Waals surface area contributed by atoms with Crippen LogP contribution in [0.15, 0.2) is 21.5 Å². The van der Waals surface area contributed by atoms with Gasteiger partial charge < -0.3 is 5.11 Å². The highest BCUT2D eigenvalue weighted by Crippen LogP contribution is 2.30. The molecule has 0 unspecified atom stereocenters. The van der Waals surface area contributed by atoms with Gasteiger partial charge in [0.05, 0.1) is 15.5 Å². The van der Waals surface area contributed by atoms with Crippen LogP contribution in [0.3, 0.4) is 0 Å². The summed E-state index contributed by atoms with van der Waals surface area (Å²) in [5.41, 5.74) is -0.245. The van der Waals surface area contributed by atoms with E-state index in [4.69, 9.17) is 16.7 Å². The third-order valence-electron chi connectivity index (χ3n) is 3.09. The maximum Gasteiger partial charge on any atom is 0.337 e. The fraction of sp³-hybridized carbons (Fsp3) is 0.417. The topological polar surface area (TPSA) is 83.5 Å². The third-order valence-corrected chi connectivity index (χ3v) is 6.90. The van der Waals surface area contributed by atoms with Crippen molar-refractivity contribution in [3.8, 4) is 0 Å². The Labute approximate surface area is 140 Å². The molecule has 0 bridgehead atoms. The molecule has 1 fully saturated rings. The number of hydrogen-bond acceptors (Lipinski definition) is 4. The number of nitrogens with one attached hydrogen (secondary N) is 1. The van der Waals surface area contributed by atoms with Crippen LogP contribution in [0.5, 0.6) is 0 Å². The fourth-order valence-electron chi connectivity index (χ4n) is 1.98. The predicted molar refractivity (Wildman–Crippen MR) is 86.8 cm³/mol. The molecule has 9 heteroatoms. The largest absolute Gasteiger partial charge is 0.478 e. The van der Waals surface area contributed by atoms with Gasteiger partial charge in [0.25, 0.3) is 0 Å². The molecule has 5 nitrogen and oxygen atoms in total. The van der Waals surface area contributed by atoms with Crippen molar-refractivity contribution in [2.75, 3.05) is 11.5 Å². The second kappa shape index (κ2) is 6.87. The molecular weight excluding hydrogens is 402 g/mol. The van der Waals surface area contributed by atoms with Crippen LogP contribution in [-0.4, -0.2) is 37.0 Å². The van der Waals surface area contributed by atoms with E-state index in [9.17, 15) is 13.2 Å². The van der Waals surface area contributed by atoms with Crippen molar-refractivity contribution in [2.24, 2.45) is 0 Å². The molecule has 1 aliphatic rings. The van der Waals surface area contributed by atoms with Gasteiger partial charge in [0.2, 0.25) is 10.0 Å². The van der Waals surface area contributed by atoms with Gasteiger partial charge in [-0.15, -0.1) is 0 Å². The number of halogens is 2. The van der Waals surface area contributed by atoms with Crippen LogP contribution in [0, 0.1) is 0 Å². The van der Waals surface area contributed by atoms with Gasteiger partial charge >= 0.3 is 5.97 Å². The first-order valence-electron chi connectivity index (χ1n) is 6.13. The lowest BCUT2D eigenvalue weighted by Crippen LogP contribution is -2.37. The summed E-state index contributed by atoms with van der Waals surface area (Å²) in [6.45, 7) is 0. The van der Waals surface area contributed by atoms with E-state index in [2.05, 4.69) is 20.7 Å². The van der Waals surface area contributed by atoms with E-state index in [1.807, 2.05) is 0 Å². The lowest BCUT2D eigenvalue weighted by Gasteiger charge is -2.22. The summed E-state index contributed by atoms with van der Waals surface area (Å²) in [5.74, 6) is 0.558. The Hall–Kier alpha value is -0.280. The van der Waals surface area contributed by atoms with E-state index in [0.29, 0.717) is 0 Å². The molecule has 0 aliphatic carbocycles. The summed E-state index contributed by atoms with van der Waals surface area (Å²) in [5, 5.41) is 9.06. The Morgan fingerprint density at radius 2 is 2.00 bits per heavy atom. The zero-order valence-corrected chi connectivity index (χ0v) is 14.8. The minimum absolute atomic E-state index is 0.0180. The molecule has 2 N–H and O–H groups in total. The van der Waals surface area contributed by atoms with Crippen molar-refractivity contribution < 1.29 is 18.3 Å². The first-order valence-corrected chi connectivity index (χ1v) is 9.94. The van der Waals surface area contributed by atoms with Crippen molar-refractivity contribution in [1.29, 1.82) is 0 Å². The van der Waals surface area contributed by atoms with Crippen LogP contribution in [0.25, 0.3) is 0 Å². The number of rotatable bonds is 4. The molecule has 2 rings (SSSR count). The number of thioether (sulfide) groups is 1. The highest BCUT2D eigenvalue weighted by atomic mass is 79.9. The average molecular weight is 415 g/mol. The van der Waals surface area contributed by atoms with Gasteiger partial charge in [0.15, 0.2) is 0 Å². The van der Waals surface area contributed by atoms with Crippen molar-refractivity contribution >= 4 is 55.3 Å². The van der Waals surface area contributed by atoms with Gasteiger partial charge in [0, 0.05) is 10.5 Å². The van der Waals surface area contributed by atoms with Gasteiger partial charge in [-0.1, -0.05) is 11.6 Å². The maximum absolute atomic E-state index is 12.4. The first-order chi connectivity index (χ1) is 9.81. The number of carboxylic acids is 1. The van der Waals surface area contributed by atoms with E-state index in [1.54, 1.807) is 11.8 Å². The fourth-order valence-corrected chi connectivity index (χ4v) is 5.24. The van der Waals surface area contributed by atoms with Crippen molar-refractivity contribution in [3.63, 3.8) is 0 Å². The molecule has 21 heavy (non-hydrogen) atoms. The van der Waals surface area contributed by atoms with Gasteiger partial charge in [-0.2, -0.15) is 11.8 Å². The van der Waals surface area contributed by atoms with Crippen molar-refractivity contribution in [1.82, 2.24) is 4.72 Å². The number of sulfonamides is 1. The molecule has 0 atom stereocenters. The van der Waals surface area contributed by atoms with Crippen LogP contribution >= 0.6 is 39.3 Å². The lowest BCUT2D eigenvalue weighted by molar-refractivity contribution is 0.0696. The standard InChI is InChI=1S/C12H13BrClNO4S2/c13-10-6-8(5-9(11(10)14)12(16)17)21(18,19)15-7-1-3-20-4-2-7/h5-7,15H,1-4H2,(H,16,17). The Morgan fingerprint density at radius 1 is 1.38 bits per heavy atom. The van der Waals surface area contributed by atoms with Crippen LogP contribution in [0.4, 0.5) is 0 Å². The molecule has 1 heterocycles. The van der Waals surface area contributed by atoms with Gasteiger partial charge in [-0.05, 0) is 52.4 Å². The molecule has 1 aliphatic heterocycles. The maximum atomic E-state index is 12.4. The molecule has 1 saturated heterocycles. The molecule has 0 saturated carbocycles. The summed E-state index contributed by atoms with van der Waals surface area (Å²) in [6, 6.07) is 2.28. The monoisotopic (exact) mass is 413 g/mol. The third kappa shape index (κ3) is 4.13. The van der Waals surface area contributed by atoms with Crippen molar-refractivity contribution in [2.45, 2.75) is 23.8 Å². The summed E-state index contributed by atoms with van der Waals surface area (Å²) < 4.78 is 27.6. The van der Waals surface area contributed by atoms with E-state index in [1.165, 1.54) is 6.07 Å². The van der Waals surface area contributed by atoms with Crippen LogP contribution in [0.2, 0.25) is 5.02 Å². The summed E-state index contributed by atoms with van der Waals surface area (Å²) in [7, 11) is -3.77. The molecule has 0 aromatic heterocycles. The highest BCUT2D eigenvalue weighted by Gasteiger charge is 2.24. The highest BCUT2D eigenvalue weighted by molar-refractivity contribution is 9.10. The van der Waals surface area contributed by atoms with E-state index >= 15 is 0 Å². The second-order valence-electron chi connectivity index (χ2n) is 4.58. The van der Waals surface area contributed by atoms with E-state index < -0.39 is 16.0 Å². The van der Waals surface area contributed by atoms with Crippen LogP contribution < -0.4 is 4.72 Å². The molecular formula is C12H13BrClNO4S2. The smallest absolute Gasteiger partial charge is 0.337 e. The Bertz CT molecular complexity index is 659. The van der Waals surface area contributed by atoms with Gasteiger partial charge in [-0.25, -0.2) is 17.9 Å². The zero-order valence-electron chi connectivity index (χ0n) is 10.8. The average Bonchev–Trinajstić information content (AvgIpc) is 2.41. The SMILES string of the molecule is O=C(O)c1cc(S(=O)(=O)NC2CCSCC2)cc(Br)c1Cl. The minimum Gasteiger partial charge on any atom is -0.478 e. The van der Waals surface area contributed by atoms with Gasteiger partial charge in [-0.3, -0.25) is 0 Å². The predicted octanol–water partition coefficient (Wildman–Crippen LogP) is 2.97. The number of hydrogen-bond donors (Lipinski definition) is 2. The van der Waals surface area contributed by atoms with E-state index in [0.717, 1.165) is 30.4 Å². The summed E-state index contributed by atoms with van der Waals surface area (Å²) in [6.07, 6.45) is 1.54. The molecule has 1 aromatic rings. The summed E-state index contributed by atoms with van der Waals surface area (Å²) in [4.78, 5) is 11.0. The molecule has 0 spiro atoms. The van der Waals surface area contributed by atoms with E-state index in [-0.39, 0.29) is 26.0 Å². The number of carbonyl (C=O) groups is 1. The number of carboxylic acid groups (broad SMARTS) is 1.